The van der Waals surface area contributed by atoms with Crippen molar-refractivity contribution in [2.45, 2.75) is 13.5 Å². The molecule has 0 spiro atoms. The standard InChI is InChI=1S/C23H21FN4O2/c1-2-30-20-11-5-17(6-12-20)15-25-22(29)21-16-26-28(19-9-7-18(24)8-10-19)23(21)27-13-3-4-14-27/h3-14,16H,2,15H2,1H3,(H,25,29). The molecule has 0 aliphatic carbocycles. The Morgan fingerprint density at radius 1 is 1.07 bits per heavy atom. The summed E-state index contributed by atoms with van der Waals surface area (Å²) in [6, 6.07) is 17.3. The molecule has 0 radical (unpaired) electrons. The Labute approximate surface area is 173 Å². The van der Waals surface area contributed by atoms with Crippen molar-refractivity contribution in [1.29, 1.82) is 0 Å². The van der Waals surface area contributed by atoms with Crippen molar-refractivity contribution in [2.75, 3.05) is 6.61 Å². The van der Waals surface area contributed by atoms with Gasteiger partial charge < -0.3 is 14.6 Å². The van der Waals surface area contributed by atoms with Crippen LogP contribution in [0, 0.1) is 5.82 Å². The van der Waals surface area contributed by atoms with Crippen molar-refractivity contribution in [3.05, 3.63) is 96.2 Å². The van der Waals surface area contributed by atoms with E-state index < -0.39 is 0 Å². The third kappa shape index (κ3) is 4.10. The monoisotopic (exact) mass is 404 g/mol. The van der Waals surface area contributed by atoms with Gasteiger partial charge in [0.05, 0.1) is 18.5 Å². The maximum absolute atomic E-state index is 13.3. The van der Waals surface area contributed by atoms with Crippen LogP contribution in [0.15, 0.2) is 79.3 Å². The fourth-order valence-corrected chi connectivity index (χ4v) is 3.15. The van der Waals surface area contributed by atoms with E-state index in [0.29, 0.717) is 30.2 Å². The van der Waals surface area contributed by atoms with Crippen LogP contribution in [0.4, 0.5) is 4.39 Å². The molecule has 1 amide bonds. The molecule has 0 saturated carbocycles. The number of carbonyl (C=O) groups is 1. The average molecular weight is 404 g/mol. The van der Waals surface area contributed by atoms with Gasteiger partial charge in [0, 0.05) is 18.9 Å². The summed E-state index contributed by atoms with van der Waals surface area (Å²) in [7, 11) is 0. The van der Waals surface area contributed by atoms with Crippen LogP contribution in [-0.2, 0) is 6.54 Å². The smallest absolute Gasteiger partial charge is 0.256 e. The number of aromatic nitrogens is 3. The molecule has 0 fully saturated rings. The second kappa shape index (κ2) is 8.65. The highest BCUT2D eigenvalue weighted by atomic mass is 19.1. The van der Waals surface area contributed by atoms with Crippen LogP contribution in [-0.4, -0.2) is 26.9 Å². The largest absolute Gasteiger partial charge is 0.494 e. The number of amides is 1. The SMILES string of the molecule is CCOc1ccc(CNC(=O)c2cnn(-c3ccc(F)cc3)c2-n2cccc2)cc1. The number of nitrogens with zero attached hydrogens (tertiary/aromatic N) is 3. The Morgan fingerprint density at radius 2 is 1.77 bits per heavy atom. The molecule has 152 valence electrons. The predicted molar refractivity (Wildman–Crippen MR) is 112 cm³/mol. The van der Waals surface area contributed by atoms with E-state index in [1.54, 1.807) is 16.8 Å². The molecule has 0 aliphatic rings. The lowest BCUT2D eigenvalue weighted by atomic mass is 10.2. The number of carbonyl (C=O) groups excluding carboxylic acids is 1. The van der Waals surface area contributed by atoms with Gasteiger partial charge >= 0.3 is 0 Å². The molecule has 7 heteroatoms. The molecule has 0 saturated heterocycles. The topological polar surface area (TPSA) is 61.1 Å². The summed E-state index contributed by atoms with van der Waals surface area (Å²) in [4.78, 5) is 12.9. The molecule has 0 unspecified atom stereocenters. The van der Waals surface area contributed by atoms with E-state index in [1.165, 1.54) is 18.3 Å². The van der Waals surface area contributed by atoms with Crippen molar-refractivity contribution in [3.8, 4) is 17.3 Å². The van der Waals surface area contributed by atoms with Crippen LogP contribution in [0.25, 0.3) is 11.5 Å². The number of halogens is 1. The highest BCUT2D eigenvalue weighted by Gasteiger charge is 2.19. The van der Waals surface area contributed by atoms with Gasteiger partial charge in [0.1, 0.15) is 17.1 Å². The Bertz CT molecular complexity index is 1120. The van der Waals surface area contributed by atoms with Gasteiger partial charge in [-0.1, -0.05) is 12.1 Å². The van der Waals surface area contributed by atoms with Gasteiger partial charge in [-0.15, -0.1) is 0 Å². The molecule has 0 atom stereocenters. The second-order valence-electron chi connectivity index (χ2n) is 6.62. The molecule has 30 heavy (non-hydrogen) atoms. The Kier molecular flexibility index (Phi) is 5.61. The average Bonchev–Trinajstić information content (AvgIpc) is 3.43. The molecule has 2 aromatic carbocycles. The Hall–Kier alpha value is -3.87. The normalized spacial score (nSPS) is 10.7. The van der Waals surface area contributed by atoms with Crippen LogP contribution in [0.1, 0.15) is 22.8 Å². The number of hydrogen-bond donors (Lipinski definition) is 1. The van der Waals surface area contributed by atoms with Gasteiger partial charge in [0.25, 0.3) is 5.91 Å². The van der Waals surface area contributed by atoms with Crippen molar-refractivity contribution in [3.63, 3.8) is 0 Å². The van der Waals surface area contributed by atoms with E-state index in [0.717, 1.165) is 11.3 Å². The number of rotatable bonds is 7. The zero-order valence-corrected chi connectivity index (χ0v) is 16.5. The van der Waals surface area contributed by atoms with E-state index in [4.69, 9.17) is 4.74 Å². The predicted octanol–water partition coefficient (Wildman–Crippen LogP) is 4.13. The van der Waals surface area contributed by atoms with Gasteiger partial charge in [-0.3, -0.25) is 4.79 Å². The first-order chi connectivity index (χ1) is 14.7. The molecule has 2 aromatic heterocycles. The lowest BCUT2D eigenvalue weighted by Crippen LogP contribution is -2.24. The van der Waals surface area contributed by atoms with Crippen LogP contribution in [0.2, 0.25) is 0 Å². The van der Waals surface area contributed by atoms with Gasteiger partial charge in [-0.05, 0) is 61.0 Å². The molecule has 2 heterocycles. The molecular weight excluding hydrogens is 383 g/mol. The molecule has 0 bridgehead atoms. The molecule has 6 nitrogen and oxygen atoms in total. The van der Waals surface area contributed by atoms with E-state index in [1.807, 2.05) is 60.3 Å². The van der Waals surface area contributed by atoms with E-state index >= 15 is 0 Å². The summed E-state index contributed by atoms with van der Waals surface area (Å²) in [6.45, 7) is 2.91. The number of nitrogens with one attached hydrogen (secondary N) is 1. The minimum absolute atomic E-state index is 0.249. The summed E-state index contributed by atoms with van der Waals surface area (Å²) in [6.07, 6.45) is 5.19. The quantitative estimate of drug-likeness (QED) is 0.504. The Morgan fingerprint density at radius 3 is 2.43 bits per heavy atom. The first-order valence-electron chi connectivity index (χ1n) is 9.63. The second-order valence-corrected chi connectivity index (χ2v) is 6.62. The zero-order valence-electron chi connectivity index (χ0n) is 16.5. The fourth-order valence-electron chi connectivity index (χ4n) is 3.15. The first-order valence-corrected chi connectivity index (χ1v) is 9.63. The van der Waals surface area contributed by atoms with Crippen LogP contribution in [0.5, 0.6) is 5.75 Å². The minimum atomic E-state index is -0.332. The van der Waals surface area contributed by atoms with Gasteiger partial charge in [0.2, 0.25) is 0 Å². The molecule has 0 aliphatic heterocycles. The maximum Gasteiger partial charge on any atom is 0.256 e. The van der Waals surface area contributed by atoms with E-state index in [9.17, 15) is 9.18 Å². The zero-order chi connectivity index (χ0) is 20.9. The number of ether oxygens (including phenoxy) is 1. The fraction of sp³-hybridized carbons (Fsp3) is 0.130. The molecule has 4 aromatic rings. The lowest BCUT2D eigenvalue weighted by Gasteiger charge is -2.11. The summed E-state index contributed by atoms with van der Waals surface area (Å²) in [5, 5.41) is 7.31. The number of benzene rings is 2. The highest BCUT2D eigenvalue weighted by Crippen LogP contribution is 2.20. The van der Waals surface area contributed by atoms with Crippen molar-refractivity contribution >= 4 is 5.91 Å². The van der Waals surface area contributed by atoms with Crippen LogP contribution < -0.4 is 10.1 Å². The number of hydrogen-bond acceptors (Lipinski definition) is 3. The van der Waals surface area contributed by atoms with Crippen LogP contribution >= 0.6 is 0 Å². The summed E-state index contributed by atoms with van der Waals surface area (Å²) < 4.78 is 22.2. The van der Waals surface area contributed by atoms with Crippen molar-refractivity contribution in [1.82, 2.24) is 19.7 Å². The van der Waals surface area contributed by atoms with E-state index in [2.05, 4.69) is 10.4 Å². The van der Waals surface area contributed by atoms with Gasteiger partial charge in [-0.25, -0.2) is 9.07 Å². The first kappa shape index (κ1) is 19.4. The highest BCUT2D eigenvalue weighted by molar-refractivity contribution is 5.97. The third-order valence-corrected chi connectivity index (χ3v) is 4.60. The summed E-state index contributed by atoms with van der Waals surface area (Å²) >= 11 is 0. The lowest BCUT2D eigenvalue weighted by molar-refractivity contribution is 0.0951. The Balaban J connectivity index is 1.58. The summed E-state index contributed by atoms with van der Waals surface area (Å²) in [5.74, 6) is 0.793. The summed E-state index contributed by atoms with van der Waals surface area (Å²) in [5.41, 5.74) is 2.03. The van der Waals surface area contributed by atoms with Gasteiger partial charge in [0.15, 0.2) is 5.82 Å². The van der Waals surface area contributed by atoms with Crippen LogP contribution in [0.3, 0.4) is 0 Å². The molecule has 4 rings (SSSR count). The maximum atomic E-state index is 13.3. The third-order valence-electron chi connectivity index (χ3n) is 4.60. The van der Waals surface area contributed by atoms with E-state index in [-0.39, 0.29) is 11.7 Å². The van der Waals surface area contributed by atoms with Crippen molar-refractivity contribution < 1.29 is 13.9 Å². The molecule has 1 N–H and O–H groups in total. The van der Waals surface area contributed by atoms with Gasteiger partial charge in [-0.2, -0.15) is 5.10 Å². The molecular formula is C23H21FN4O2. The minimum Gasteiger partial charge on any atom is -0.494 e. The van der Waals surface area contributed by atoms with Crippen molar-refractivity contribution in [2.24, 2.45) is 0 Å².